The van der Waals surface area contributed by atoms with Crippen molar-refractivity contribution in [1.82, 2.24) is 0 Å². The van der Waals surface area contributed by atoms with Gasteiger partial charge in [-0.15, -0.1) is 0 Å². The highest BCUT2D eigenvalue weighted by Crippen LogP contribution is 2.36. The molecule has 0 amide bonds. The molecule has 4 heteroatoms. The van der Waals surface area contributed by atoms with Crippen LogP contribution < -0.4 is 4.74 Å². The molecule has 0 bridgehead atoms. The van der Waals surface area contributed by atoms with Crippen LogP contribution in [0.25, 0.3) is 0 Å². The van der Waals surface area contributed by atoms with Gasteiger partial charge in [-0.25, -0.2) is 0 Å². The molecule has 18 heavy (non-hydrogen) atoms. The highest BCUT2D eigenvalue weighted by atomic mass is 35.5. The van der Waals surface area contributed by atoms with Crippen LogP contribution >= 0.6 is 11.6 Å². The van der Waals surface area contributed by atoms with Crippen LogP contribution in [0.3, 0.4) is 0 Å². The van der Waals surface area contributed by atoms with Crippen molar-refractivity contribution in [2.75, 3.05) is 13.7 Å². The number of hydrogen-bond acceptors (Lipinski definition) is 3. The Morgan fingerprint density at radius 3 is 2.78 bits per heavy atom. The minimum atomic E-state index is -0.319. The molecule has 1 unspecified atom stereocenters. The summed E-state index contributed by atoms with van der Waals surface area (Å²) in [6.07, 6.45) is 1.82. The normalized spacial score (nSPS) is 16.4. The summed E-state index contributed by atoms with van der Waals surface area (Å²) in [6, 6.07) is 5.09. The average Bonchev–Trinajstić information content (AvgIpc) is 3.20. The summed E-state index contributed by atoms with van der Waals surface area (Å²) in [4.78, 5) is 12.4. The van der Waals surface area contributed by atoms with Crippen molar-refractivity contribution in [2.45, 2.75) is 25.9 Å². The summed E-state index contributed by atoms with van der Waals surface area (Å²) in [5.74, 6) is 0.919. The van der Waals surface area contributed by atoms with Gasteiger partial charge >= 0.3 is 0 Å². The number of carbonyl (C=O) groups is 1. The maximum Gasteiger partial charge on any atom is 0.191 e. The molecule has 1 aromatic rings. The second kappa shape index (κ2) is 5.72. The zero-order valence-electron chi connectivity index (χ0n) is 10.6. The Hall–Kier alpha value is -1.06. The molecule has 0 aliphatic heterocycles. The summed E-state index contributed by atoms with van der Waals surface area (Å²) in [6.45, 7) is 2.46. The Balaban J connectivity index is 2.21. The lowest BCUT2D eigenvalue weighted by atomic mass is 10.0. The zero-order valence-corrected chi connectivity index (χ0v) is 11.4. The van der Waals surface area contributed by atoms with Crippen molar-refractivity contribution in [2.24, 2.45) is 5.92 Å². The molecule has 0 spiro atoms. The number of hydrogen-bond donors (Lipinski definition) is 0. The zero-order chi connectivity index (χ0) is 13.1. The first-order chi connectivity index (χ1) is 8.67. The van der Waals surface area contributed by atoms with Crippen molar-refractivity contribution in [3.8, 4) is 5.75 Å². The minimum Gasteiger partial charge on any atom is -0.495 e. The van der Waals surface area contributed by atoms with Crippen LogP contribution in [0.15, 0.2) is 18.2 Å². The van der Waals surface area contributed by atoms with E-state index in [1.54, 1.807) is 18.2 Å². The van der Waals surface area contributed by atoms with Gasteiger partial charge in [-0.1, -0.05) is 11.6 Å². The molecule has 3 nitrogen and oxygen atoms in total. The number of rotatable bonds is 6. The van der Waals surface area contributed by atoms with Crippen LogP contribution in [-0.4, -0.2) is 25.6 Å². The molecule has 0 N–H and O–H groups in total. The fraction of sp³-hybridized carbons (Fsp3) is 0.500. The third kappa shape index (κ3) is 2.85. The lowest BCUT2D eigenvalue weighted by Gasteiger charge is -2.15. The monoisotopic (exact) mass is 268 g/mol. The molecule has 1 saturated carbocycles. The van der Waals surface area contributed by atoms with Crippen molar-refractivity contribution in [1.29, 1.82) is 0 Å². The third-order valence-corrected chi connectivity index (χ3v) is 3.40. The predicted molar refractivity (Wildman–Crippen MR) is 70.5 cm³/mol. The number of Topliss-reactive ketones (excluding diaryl/α,β-unsaturated/α-hetero) is 1. The number of carbonyl (C=O) groups excluding carboxylic acids is 1. The molecule has 1 fully saturated rings. The van der Waals surface area contributed by atoms with Gasteiger partial charge < -0.3 is 9.47 Å². The summed E-state index contributed by atoms with van der Waals surface area (Å²) < 4.78 is 10.7. The Morgan fingerprint density at radius 1 is 1.50 bits per heavy atom. The van der Waals surface area contributed by atoms with Crippen molar-refractivity contribution in [3.05, 3.63) is 28.8 Å². The molecule has 1 atom stereocenters. The van der Waals surface area contributed by atoms with Crippen LogP contribution in [0.4, 0.5) is 0 Å². The molecular formula is C14H17ClO3. The van der Waals surface area contributed by atoms with Crippen LogP contribution in [-0.2, 0) is 4.74 Å². The van der Waals surface area contributed by atoms with Crippen LogP contribution in [0.5, 0.6) is 5.75 Å². The topological polar surface area (TPSA) is 35.5 Å². The summed E-state index contributed by atoms with van der Waals surface area (Å²) in [7, 11) is 1.54. The van der Waals surface area contributed by atoms with Gasteiger partial charge in [0, 0.05) is 12.2 Å². The molecule has 2 rings (SSSR count). The lowest BCUT2D eigenvalue weighted by Crippen LogP contribution is -2.26. The first kappa shape index (κ1) is 13.4. The van der Waals surface area contributed by atoms with Gasteiger partial charge in [0.2, 0.25) is 0 Å². The molecule has 0 saturated heterocycles. The molecule has 1 aromatic carbocycles. The first-order valence-corrected chi connectivity index (χ1v) is 6.54. The van der Waals surface area contributed by atoms with Gasteiger partial charge in [-0.2, -0.15) is 0 Å². The van der Waals surface area contributed by atoms with Crippen molar-refractivity contribution >= 4 is 17.4 Å². The Kier molecular flexibility index (Phi) is 4.25. The average molecular weight is 269 g/mol. The van der Waals surface area contributed by atoms with E-state index in [1.165, 1.54) is 7.11 Å². The van der Waals surface area contributed by atoms with E-state index in [4.69, 9.17) is 21.1 Å². The number of ketones is 1. The largest absolute Gasteiger partial charge is 0.495 e. The fourth-order valence-electron chi connectivity index (χ4n) is 1.98. The summed E-state index contributed by atoms with van der Waals surface area (Å²) in [5.41, 5.74) is 0.599. The second-order valence-electron chi connectivity index (χ2n) is 4.43. The standard InChI is InChI=1S/C14H17ClO3/c1-3-18-14(9-4-5-9)13(16)10-6-7-11(15)12(8-10)17-2/h6-9,14H,3-5H2,1-2H3. The van der Waals surface area contributed by atoms with E-state index in [2.05, 4.69) is 0 Å². The SMILES string of the molecule is CCOC(C(=O)c1ccc(Cl)c(OC)c1)C1CC1. The molecule has 1 aliphatic rings. The molecule has 1 aliphatic carbocycles. The molecule has 0 radical (unpaired) electrons. The first-order valence-electron chi connectivity index (χ1n) is 6.16. The lowest BCUT2D eigenvalue weighted by molar-refractivity contribution is 0.0374. The van der Waals surface area contributed by atoms with Gasteiger partial charge in [0.25, 0.3) is 0 Å². The highest BCUT2D eigenvalue weighted by molar-refractivity contribution is 6.32. The second-order valence-corrected chi connectivity index (χ2v) is 4.83. The van der Waals surface area contributed by atoms with E-state index in [9.17, 15) is 4.79 Å². The summed E-state index contributed by atoms with van der Waals surface area (Å²) >= 11 is 5.95. The Labute approximate surface area is 112 Å². The molecule has 0 heterocycles. The number of ether oxygens (including phenoxy) is 2. The number of benzene rings is 1. The van der Waals surface area contributed by atoms with Crippen molar-refractivity contribution < 1.29 is 14.3 Å². The van der Waals surface area contributed by atoms with E-state index >= 15 is 0 Å². The van der Waals surface area contributed by atoms with Gasteiger partial charge in [-0.3, -0.25) is 4.79 Å². The van der Waals surface area contributed by atoms with Gasteiger partial charge in [0.1, 0.15) is 11.9 Å². The molecular weight excluding hydrogens is 252 g/mol. The Morgan fingerprint density at radius 2 is 2.22 bits per heavy atom. The number of halogens is 1. The maximum absolute atomic E-state index is 12.4. The van der Waals surface area contributed by atoms with E-state index in [0.29, 0.717) is 28.9 Å². The van der Waals surface area contributed by atoms with E-state index < -0.39 is 0 Å². The quantitative estimate of drug-likeness (QED) is 0.742. The van der Waals surface area contributed by atoms with E-state index in [0.717, 1.165) is 12.8 Å². The molecule has 98 valence electrons. The predicted octanol–water partition coefficient (Wildman–Crippen LogP) is 3.35. The summed E-state index contributed by atoms with van der Waals surface area (Å²) in [5, 5.41) is 0.508. The van der Waals surface area contributed by atoms with Crippen molar-refractivity contribution in [3.63, 3.8) is 0 Å². The van der Waals surface area contributed by atoms with Gasteiger partial charge in [0.15, 0.2) is 5.78 Å². The molecule has 0 aromatic heterocycles. The van der Waals surface area contributed by atoms with Crippen LogP contribution in [0.1, 0.15) is 30.1 Å². The van der Waals surface area contributed by atoms with Crippen LogP contribution in [0.2, 0.25) is 5.02 Å². The fourth-order valence-corrected chi connectivity index (χ4v) is 2.18. The van der Waals surface area contributed by atoms with Crippen LogP contribution in [0, 0.1) is 5.92 Å². The van der Waals surface area contributed by atoms with Gasteiger partial charge in [0.05, 0.1) is 12.1 Å². The van der Waals surface area contributed by atoms with Gasteiger partial charge in [-0.05, 0) is 43.9 Å². The van der Waals surface area contributed by atoms with E-state index in [1.807, 2.05) is 6.92 Å². The third-order valence-electron chi connectivity index (χ3n) is 3.09. The minimum absolute atomic E-state index is 0.0225. The number of methoxy groups -OCH3 is 1. The maximum atomic E-state index is 12.4. The van der Waals surface area contributed by atoms with E-state index in [-0.39, 0.29) is 11.9 Å². The Bertz CT molecular complexity index is 441. The smallest absolute Gasteiger partial charge is 0.191 e. The highest BCUT2D eigenvalue weighted by Gasteiger charge is 2.37.